The van der Waals surface area contributed by atoms with E-state index in [0.29, 0.717) is 4.60 Å². The number of carbonyl (C=O) groups excluding carboxylic acids is 3. The van der Waals surface area contributed by atoms with Crippen molar-refractivity contribution in [1.82, 2.24) is 9.88 Å². The highest BCUT2D eigenvalue weighted by molar-refractivity contribution is 9.10. The standard InChI is InChI=1S/C16H9BrCl2N2O4/c1-7(16(24)25-12-3-2-4-20-13(12)17)21-14(22)8-5-10(18)11(19)6-9(8)15(21)23/h2-7H,1H3. The highest BCUT2D eigenvalue weighted by atomic mass is 79.9. The van der Waals surface area contributed by atoms with Crippen LogP contribution in [0.25, 0.3) is 0 Å². The molecule has 1 aromatic heterocycles. The maximum absolute atomic E-state index is 12.5. The Hall–Kier alpha value is -1.96. The van der Waals surface area contributed by atoms with Crippen LogP contribution in [0, 0.1) is 0 Å². The molecule has 1 unspecified atom stereocenters. The molecule has 1 aliphatic heterocycles. The summed E-state index contributed by atoms with van der Waals surface area (Å²) in [5.74, 6) is -1.86. The Bertz CT molecular complexity index is 878. The number of hydrogen-bond acceptors (Lipinski definition) is 5. The number of pyridine rings is 1. The van der Waals surface area contributed by atoms with E-state index >= 15 is 0 Å². The third kappa shape index (κ3) is 3.15. The fraction of sp³-hybridized carbons (Fsp3) is 0.125. The average molecular weight is 444 g/mol. The van der Waals surface area contributed by atoms with Gasteiger partial charge in [0.1, 0.15) is 10.6 Å². The number of imide groups is 1. The van der Waals surface area contributed by atoms with Gasteiger partial charge in [0.2, 0.25) is 0 Å². The molecule has 0 bridgehead atoms. The number of esters is 1. The van der Waals surface area contributed by atoms with Crippen LogP contribution in [0.3, 0.4) is 0 Å². The lowest BCUT2D eigenvalue weighted by Crippen LogP contribution is -2.44. The Labute approximate surface area is 160 Å². The maximum atomic E-state index is 12.5. The molecule has 1 aromatic carbocycles. The van der Waals surface area contributed by atoms with Crippen molar-refractivity contribution in [3.63, 3.8) is 0 Å². The molecule has 0 N–H and O–H groups in total. The minimum Gasteiger partial charge on any atom is -0.422 e. The highest BCUT2D eigenvalue weighted by Crippen LogP contribution is 2.32. The lowest BCUT2D eigenvalue weighted by Gasteiger charge is -2.20. The Morgan fingerprint density at radius 3 is 2.28 bits per heavy atom. The normalized spacial score (nSPS) is 14.5. The number of hydrogen-bond donors (Lipinski definition) is 0. The van der Waals surface area contributed by atoms with Gasteiger partial charge in [0.05, 0.1) is 21.2 Å². The van der Waals surface area contributed by atoms with Gasteiger partial charge in [-0.15, -0.1) is 0 Å². The molecule has 2 amide bonds. The molecule has 0 saturated heterocycles. The van der Waals surface area contributed by atoms with Crippen molar-refractivity contribution in [2.45, 2.75) is 13.0 Å². The van der Waals surface area contributed by atoms with Gasteiger partial charge in [0, 0.05) is 6.20 Å². The van der Waals surface area contributed by atoms with Gasteiger partial charge < -0.3 is 4.74 Å². The van der Waals surface area contributed by atoms with Gasteiger partial charge in [-0.1, -0.05) is 23.2 Å². The molecule has 3 rings (SSSR count). The number of halogens is 3. The Morgan fingerprint density at radius 1 is 1.20 bits per heavy atom. The third-order valence-electron chi connectivity index (χ3n) is 3.62. The largest absolute Gasteiger partial charge is 0.422 e. The van der Waals surface area contributed by atoms with Crippen molar-refractivity contribution < 1.29 is 19.1 Å². The fourth-order valence-corrected chi connectivity index (χ4v) is 3.01. The van der Waals surface area contributed by atoms with Crippen LogP contribution in [-0.2, 0) is 4.79 Å². The molecule has 25 heavy (non-hydrogen) atoms. The fourth-order valence-electron chi connectivity index (χ4n) is 2.35. The Balaban J connectivity index is 1.87. The van der Waals surface area contributed by atoms with Crippen LogP contribution < -0.4 is 4.74 Å². The lowest BCUT2D eigenvalue weighted by atomic mass is 10.1. The summed E-state index contributed by atoms with van der Waals surface area (Å²) in [6, 6.07) is 4.61. The summed E-state index contributed by atoms with van der Waals surface area (Å²) in [5, 5.41) is 0.302. The average Bonchev–Trinajstić information content (AvgIpc) is 2.80. The quantitative estimate of drug-likeness (QED) is 0.410. The molecule has 9 heteroatoms. The monoisotopic (exact) mass is 442 g/mol. The summed E-state index contributed by atoms with van der Waals surface area (Å²) in [6.07, 6.45) is 1.52. The van der Waals surface area contributed by atoms with Crippen molar-refractivity contribution in [3.05, 3.63) is 56.2 Å². The summed E-state index contributed by atoms with van der Waals surface area (Å²) < 4.78 is 5.55. The summed E-state index contributed by atoms with van der Waals surface area (Å²) in [4.78, 5) is 42.1. The van der Waals surface area contributed by atoms with Crippen LogP contribution >= 0.6 is 39.1 Å². The zero-order valence-electron chi connectivity index (χ0n) is 12.6. The number of amides is 2. The molecule has 6 nitrogen and oxygen atoms in total. The highest BCUT2D eigenvalue weighted by Gasteiger charge is 2.42. The number of carbonyl (C=O) groups is 3. The topological polar surface area (TPSA) is 76.6 Å². The number of rotatable bonds is 3. The van der Waals surface area contributed by atoms with E-state index in [1.807, 2.05) is 0 Å². The van der Waals surface area contributed by atoms with E-state index in [1.54, 1.807) is 6.07 Å². The zero-order valence-corrected chi connectivity index (χ0v) is 15.7. The number of aromatic nitrogens is 1. The minimum absolute atomic E-state index is 0.0987. The van der Waals surface area contributed by atoms with Crippen LogP contribution in [0.5, 0.6) is 5.75 Å². The minimum atomic E-state index is -1.14. The van der Waals surface area contributed by atoms with Gasteiger partial charge in [0.25, 0.3) is 11.8 Å². The smallest absolute Gasteiger partial charge is 0.334 e. The Kier molecular flexibility index (Phi) is 4.81. The number of nitrogens with zero attached hydrogens (tertiary/aromatic N) is 2. The van der Waals surface area contributed by atoms with Crippen molar-refractivity contribution >= 4 is 56.9 Å². The maximum Gasteiger partial charge on any atom is 0.334 e. The van der Waals surface area contributed by atoms with Gasteiger partial charge in [-0.25, -0.2) is 9.78 Å². The van der Waals surface area contributed by atoms with E-state index in [1.165, 1.54) is 31.3 Å². The zero-order chi connectivity index (χ0) is 18.3. The molecule has 0 radical (unpaired) electrons. The van der Waals surface area contributed by atoms with Crippen molar-refractivity contribution in [1.29, 1.82) is 0 Å². The van der Waals surface area contributed by atoms with Crippen molar-refractivity contribution in [2.75, 3.05) is 0 Å². The van der Waals surface area contributed by atoms with E-state index < -0.39 is 23.8 Å². The van der Waals surface area contributed by atoms with Crippen LogP contribution in [-0.4, -0.2) is 33.7 Å². The number of ether oxygens (including phenoxy) is 1. The van der Waals surface area contributed by atoms with Crippen LogP contribution in [0.1, 0.15) is 27.6 Å². The second kappa shape index (κ2) is 6.74. The summed E-state index contributed by atoms with van der Waals surface area (Å²) in [6.45, 7) is 1.40. The third-order valence-corrected chi connectivity index (χ3v) is 4.94. The molecule has 1 aliphatic rings. The molecule has 0 fully saturated rings. The molecule has 2 heterocycles. The van der Waals surface area contributed by atoms with E-state index in [4.69, 9.17) is 27.9 Å². The predicted octanol–water partition coefficient (Wildman–Crippen LogP) is 3.74. The van der Waals surface area contributed by atoms with Gasteiger partial charge in [-0.3, -0.25) is 14.5 Å². The van der Waals surface area contributed by atoms with E-state index in [0.717, 1.165) is 4.90 Å². The van der Waals surface area contributed by atoms with Gasteiger partial charge >= 0.3 is 5.97 Å². The number of benzene rings is 1. The predicted molar refractivity (Wildman–Crippen MR) is 94.0 cm³/mol. The van der Waals surface area contributed by atoms with Gasteiger partial charge in [-0.05, 0) is 47.1 Å². The first-order chi connectivity index (χ1) is 11.8. The summed E-state index contributed by atoms with van der Waals surface area (Å²) >= 11 is 15.0. The molecule has 0 saturated carbocycles. The second-order valence-electron chi connectivity index (χ2n) is 5.18. The van der Waals surface area contributed by atoms with E-state index in [2.05, 4.69) is 20.9 Å². The van der Waals surface area contributed by atoms with Gasteiger partial charge in [-0.2, -0.15) is 0 Å². The Morgan fingerprint density at radius 2 is 1.76 bits per heavy atom. The molecule has 128 valence electrons. The van der Waals surface area contributed by atoms with Crippen molar-refractivity contribution in [3.8, 4) is 5.75 Å². The first-order valence-electron chi connectivity index (χ1n) is 7.00. The molecular formula is C16H9BrCl2N2O4. The first-order valence-corrected chi connectivity index (χ1v) is 8.55. The molecule has 0 aliphatic carbocycles. The summed E-state index contributed by atoms with van der Waals surface area (Å²) in [7, 11) is 0. The number of fused-ring (bicyclic) bond motifs is 1. The van der Waals surface area contributed by atoms with Crippen LogP contribution in [0.2, 0.25) is 10.0 Å². The molecule has 2 aromatic rings. The summed E-state index contributed by atoms with van der Waals surface area (Å²) in [5.41, 5.74) is 0.197. The van der Waals surface area contributed by atoms with E-state index in [9.17, 15) is 14.4 Å². The molecule has 0 spiro atoms. The van der Waals surface area contributed by atoms with E-state index in [-0.39, 0.29) is 26.9 Å². The SMILES string of the molecule is CC(C(=O)Oc1cccnc1Br)N1C(=O)c2cc(Cl)c(Cl)cc2C1=O. The molecular weight excluding hydrogens is 435 g/mol. The molecule has 1 atom stereocenters. The lowest BCUT2D eigenvalue weighted by molar-refractivity contribution is -0.138. The first kappa shape index (κ1) is 17.8. The van der Waals surface area contributed by atoms with Crippen molar-refractivity contribution in [2.24, 2.45) is 0 Å². The second-order valence-corrected chi connectivity index (χ2v) is 6.75. The van der Waals surface area contributed by atoms with Crippen LogP contribution in [0.4, 0.5) is 0 Å². The van der Waals surface area contributed by atoms with Gasteiger partial charge in [0.15, 0.2) is 5.75 Å². The van der Waals surface area contributed by atoms with Crippen LogP contribution in [0.15, 0.2) is 35.1 Å².